The molecule has 264 valence electrons. The Morgan fingerprint density at radius 3 is 2.71 bits per heavy atom. The van der Waals surface area contributed by atoms with Gasteiger partial charge in [-0.15, -0.1) is 0 Å². The van der Waals surface area contributed by atoms with Gasteiger partial charge in [0.15, 0.2) is 5.82 Å². The van der Waals surface area contributed by atoms with Gasteiger partial charge in [0.25, 0.3) is 5.91 Å². The molecule has 2 aliphatic rings. The van der Waals surface area contributed by atoms with Gasteiger partial charge in [0.2, 0.25) is 11.8 Å². The summed E-state index contributed by atoms with van der Waals surface area (Å²) in [5.74, 6) is 0.508. The fourth-order valence-electron chi connectivity index (χ4n) is 6.61. The highest BCUT2D eigenvalue weighted by Gasteiger charge is 2.26. The van der Waals surface area contributed by atoms with Gasteiger partial charge in [-0.2, -0.15) is 5.10 Å². The predicted octanol–water partition coefficient (Wildman–Crippen LogP) is 4.73. The highest BCUT2D eigenvalue weighted by Crippen LogP contribution is 2.40. The van der Waals surface area contributed by atoms with E-state index >= 15 is 0 Å². The molecule has 0 saturated carbocycles. The van der Waals surface area contributed by atoms with E-state index in [4.69, 9.17) is 37.9 Å². The molecular weight excluding hydrogens is 691 g/mol. The summed E-state index contributed by atoms with van der Waals surface area (Å²) in [7, 11) is 3.45. The molecule has 51 heavy (non-hydrogen) atoms. The molecule has 1 aromatic carbocycles. The van der Waals surface area contributed by atoms with Gasteiger partial charge >= 0.3 is 0 Å². The van der Waals surface area contributed by atoms with Gasteiger partial charge in [0.05, 0.1) is 46.5 Å². The van der Waals surface area contributed by atoms with Crippen molar-refractivity contribution in [3.8, 4) is 28.4 Å². The van der Waals surface area contributed by atoms with Crippen LogP contribution in [0, 0.1) is 0 Å². The highest BCUT2D eigenvalue weighted by molar-refractivity contribution is 6.39. The zero-order chi connectivity index (χ0) is 35.5. The minimum Gasteiger partial charge on any atom is -0.481 e. The van der Waals surface area contributed by atoms with Crippen LogP contribution in [0.5, 0.6) is 5.88 Å². The number of ether oxygens (including phenoxy) is 1. The summed E-state index contributed by atoms with van der Waals surface area (Å²) in [5.41, 5.74) is 5.50. The van der Waals surface area contributed by atoms with Crippen LogP contribution in [-0.4, -0.2) is 78.8 Å². The van der Waals surface area contributed by atoms with Crippen LogP contribution in [0.3, 0.4) is 0 Å². The lowest BCUT2D eigenvalue weighted by atomic mass is 10.1. The largest absolute Gasteiger partial charge is 0.481 e. The summed E-state index contributed by atoms with van der Waals surface area (Å²) in [4.78, 5) is 41.5. The van der Waals surface area contributed by atoms with Crippen LogP contribution in [0.4, 0.5) is 5.69 Å². The molecule has 5 aromatic rings. The molecule has 1 atom stereocenters. The van der Waals surface area contributed by atoms with Gasteiger partial charge in [-0.3, -0.25) is 24.2 Å². The first-order valence-electron chi connectivity index (χ1n) is 16.8. The second-order valence-corrected chi connectivity index (χ2v) is 13.4. The second-order valence-electron chi connectivity index (χ2n) is 12.6. The Kier molecular flexibility index (Phi) is 10.3. The molecule has 1 saturated heterocycles. The van der Waals surface area contributed by atoms with E-state index in [-0.39, 0.29) is 17.9 Å². The van der Waals surface area contributed by atoms with Crippen molar-refractivity contribution in [2.75, 3.05) is 32.1 Å². The van der Waals surface area contributed by atoms with E-state index < -0.39 is 0 Å². The summed E-state index contributed by atoms with van der Waals surface area (Å²) < 4.78 is 9.40. The van der Waals surface area contributed by atoms with Crippen molar-refractivity contribution in [2.24, 2.45) is 7.05 Å². The first-order chi connectivity index (χ1) is 24.8. The van der Waals surface area contributed by atoms with E-state index in [1.807, 2.05) is 46.8 Å². The Labute approximate surface area is 305 Å². The molecule has 0 spiro atoms. The molecule has 15 heteroatoms. The van der Waals surface area contributed by atoms with E-state index in [9.17, 15) is 9.59 Å². The molecule has 4 aromatic heterocycles. The Bertz CT molecular complexity index is 2070. The lowest BCUT2D eigenvalue weighted by Crippen LogP contribution is -2.35. The summed E-state index contributed by atoms with van der Waals surface area (Å²) in [5, 5.41) is 14.2. The highest BCUT2D eigenvalue weighted by atomic mass is 35.5. The number of anilines is 1. The zero-order valence-electron chi connectivity index (χ0n) is 28.3. The van der Waals surface area contributed by atoms with Crippen molar-refractivity contribution in [3.05, 3.63) is 93.9 Å². The van der Waals surface area contributed by atoms with Crippen LogP contribution >= 0.6 is 23.2 Å². The maximum atomic E-state index is 13.6. The van der Waals surface area contributed by atoms with E-state index in [1.54, 1.807) is 37.7 Å². The first kappa shape index (κ1) is 34.6. The van der Waals surface area contributed by atoms with E-state index in [0.29, 0.717) is 76.0 Å². The third kappa shape index (κ3) is 7.47. The molecule has 6 heterocycles. The normalized spacial score (nSPS) is 15.8. The van der Waals surface area contributed by atoms with Crippen LogP contribution in [0.25, 0.3) is 22.5 Å². The fraction of sp³-hybridized carbons (Fsp3) is 0.333. The van der Waals surface area contributed by atoms with Crippen molar-refractivity contribution < 1.29 is 14.3 Å². The second kappa shape index (κ2) is 15.2. The van der Waals surface area contributed by atoms with Crippen molar-refractivity contribution >= 4 is 40.7 Å². The van der Waals surface area contributed by atoms with Crippen molar-refractivity contribution in [1.29, 1.82) is 0 Å². The first-order valence-corrected chi connectivity index (χ1v) is 17.6. The Morgan fingerprint density at radius 2 is 1.92 bits per heavy atom. The minimum atomic E-state index is -0.360. The van der Waals surface area contributed by atoms with Crippen molar-refractivity contribution in [1.82, 2.24) is 44.8 Å². The number of imidazole rings is 1. The van der Waals surface area contributed by atoms with Crippen LogP contribution < -0.4 is 20.7 Å². The molecule has 1 unspecified atom stereocenters. The zero-order valence-corrected chi connectivity index (χ0v) is 29.8. The summed E-state index contributed by atoms with van der Waals surface area (Å²) in [6.45, 7) is 4.36. The van der Waals surface area contributed by atoms with Gasteiger partial charge in [-0.1, -0.05) is 41.4 Å². The summed E-state index contributed by atoms with van der Waals surface area (Å²) >= 11 is 13.9. The lowest BCUT2D eigenvalue weighted by molar-refractivity contribution is -0.119. The molecule has 0 aliphatic carbocycles. The SMILES string of the molecule is COc1nc(-c2ccnc(-c3cccc(NC(=O)c4nc5c(n4C)CCN(CCn4cccn4)C5)c3Cl)c2Cl)ccc1CNCC1CCC(=O)N1. The minimum absolute atomic E-state index is 0.0879. The maximum Gasteiger partial charge on any atom is 0.291 e. The molecule has 3 N–H and O–H groups in total. The van der Waals surface area contributed by atoms with Gasteiger partial charge in [0.1, 0.15) is 0 Å². The Hall–Kier alpha value is -4.82. The smallest absolute Gasteiger partial charge is 0.291 e. The molecule has 2 aliphatic heterocycles. The molecule has 7 rings (SSSR count). The number of carbonyl (C=O) groups is 2. The van der Waals surface area contributed by atoms with Gasteiger partial charge in [-0.25, -0.2) is 9.97 Å². The monoisotopic (exact) mass is 728 g/mol. The number of rotatable bonds is 12. The fourth-order valence-corrected chi connectivity index (χ4v) is 7.19. The lowest BCUT2D eigenvalue weighted by Gasteiger charge is -2.26. The van der Waals surface area contributed by atoms with Crippen LogP contribution in [0.1, 0.15) is 40.4 Å². The van der Waals surface area contributed by atoms with Crippen molar-refractivity contribution in [2.45, 2.75) is 44.9 Å². The Morgan fingerprint density at radius 1 is 1.04 bits per heavy atom. The number of aromatic nitrogens is 6. The number of carbonyl (C=O) groups excluding carboxylic acids is 2. The van der Waals surface area contributed by atoms with Gasteiger partial charge in [-0.05, 0) is 30.7 Å². The molecule has 2 amide bonds. The quantitative estimate of drug-likeness (QED) is 0.166. The average molecular weight is 730 g/mol. The standard InChI is InChI=1S/C36H38Cl2N10O3/c1-46-29-12-16-47(17-18-48-15-4-13-41-48)21-28(29)43-34(46)35(50)44-27-6-3-5-25(31(27)37)33-32(38)24(11-14-40-33)26-9-7-22(36(45-26)51-2)19-39-20-23-8-10-30(49)42-23/h3-7,9,11,13-15,23,39H,8,10,12,16-21H2,1-2H3,(H,42,49)(H,44,50). The Balaban J connectivity index is 1.06. The topological polar surface area (TPSA) is 144 Å². The van der Waals surface area contributed by atoms with E-state index in [0.717, 1.165) is 49.4 Å². The molecular formula is C36H38Cl2N10O3. The van der Waals surface area contributed by atoms with Crippen LogP contribution in [-0.2, 0) is 37.9 Å². The predicted molar refractivity (Wildman–Crippen MR) is 195 cm³/mol. The number of halogens is 2. The third-order valence-corrected chi connectivity index (χ3v) is 10.1. The number of benzene rings is 1. The van der Waals surface area contributed by atoms with Gasteiger partial charge in [0, 0.05) is 99.6 Å². The van der Waals surface area contributed by atoms with Crippen molar-refractivity contribution in [3.63, 3.8) is 0 Å². The number of nitrogens with one attached hydrogen (secondary N) is 3. The number of methoxy groups -OCH3 is 1. The van der Waals surface area contributed by atoms with Crippen LogP contribution in [0.2, 0.25) is 10.0 Å². The average Bonchev–Trinajstić information content (AvgIpc) is 3.89. The number of nitrogens with zero attached hydrogens (tertiary/aromatic N) is 7. The van der Waals surface area contributed by atoms with E-state index in [2.05, 4.69) is 30.9 Å². The molecule has 1 fully saturated rings. The molecule has 13 nitrogen and oxygen atoms in total. The number of fused-ring (bicyclic) bond motifs is 1. The number of hydrogen-bond acceptors (Lipinski definition) is 9. The summed E-state index contributed by atoms with van der Waals surface area (Å²) in [6, 6.07) is 13.0. The number of hydrogen-bond donors (Lipinski definition) is 3. The maximum absolute atomic E-state index is 13.6. The van der Waals surface area contributed by atoms with Crippen LogP contribution in [0.15, 0.2) is 61.1 Å². The number of amides is 2. The molecule has 0 radical (unpaired) electrons. The molecule has 0 bridgehead atoms. The van der Waals surface area contributed by atoms with Gasteiger partial charge < -0.3 is 25.3 Å². The number of pyridine rings is 2. The van der Waals surface area contributed by atoms with E-state index in [1.165, 1.54) is 0 Å². The summed E-state index contributed by atoms with van der Waals surface area (Å²) in [6.07, 6.45) is 7.56. The third-order valence-electron chi connectivity index (χ3n) is 9.33.